The zero-order valence-corrected chi connectivity index (χ0v) is 19.7. The molecule has 2 aromatic rings. The molecule has 4 atom stereocenters. The van der Waals surface area contributed by atoms with E-state index in [2.05, 4.69) is 61.3 Å². The second kappa shape index (κ2) is 9.96. The molecule has 7 heteroatoms. The van der Waals surface area contributed by atoms with Gasteiger partial charge in [-0.05, 0) is 43.7 Å². The van der Waals surface area contributed by atoms with E-state index in [4.69, 9.17) is 4.74 Å². The quantitative estimate of drug-likeness (QED) is 0.551. The number of rotatable bonds is 6. The molecular weight excluding hydrogens is 500 g/mol. The summed E-state index contributed by atoms with van der Waals surface area (Å²) in [7, 11) is 3.57. The first-order chi connectivity index (χ1) is 13.9. The average Bonchev–Trinajstić information content (AvgIpc) is 2.70. The van der Waals surface area contributed by atoms with E-state index in [1.165, 1.54) is 18.7 Å². The van der Waals surface area contributed by atoms with Crippen molar-refractivity contribution in [2.45, 2.75) is 41.1 Å². The lowest BCUT2D eigenvalue weighted by Crippen LogP contribution is -2.58. The van der Waals surface area contributed by atoms with Crippen LogP contribution < -0.4 is 10.1 Å². The van der Waals surface area contributed by atoms with Gasteiger partial charge < -0.3 is 15.2 Å². The number of hydrogen-bond donors (Lipinski definition) is 2. The maximum Gasteiger partial charge on any atom is 0.251 e. The molecule has 0 aromatic heterocycles. The minimum Gasteiger partial charge on any atom is -0.504 e. The molecule has 3 rings (SSSR count). The second-order valence-corrected chi connectivity index (χ2v) is 9.91. The number of phenolic OH excluding ortho intramolecular Hbond substituents is 1. The Morgan fingerprint density at radius 1 is 1.21 bits per heavy atom. The van der Waals surface area contributed by atoms with Gasteiger partial charge in [0.25, 0.3) is 5.91 Å². The van der Waals surface area contributed by atoms with Crippen LogP contribution in [0.3, 0.4) is 0 Å². The Labute approximate surface area is 188 Å². The van der Waals surface area contributed by atoms with Gasteiger partial charge in [-0.25, -0.2) is 0 Å². The van der Waals surface area contributed by atoms with Crippen molar-refractivity contribution in [2.75, 3.05) is 14.2 Å². The highest BCUT2D eigenvalue weighted by molar-refractivity contribution is 9.10. The third-order valence-electron chi connectivity index (χ3n) is 5.36. The van der Waals surface area contributed by atoms with E-state index in [0.29, 0.717) is 10.4 Å². The van der Waals surface area contributed by atoms with Crippen LogP contribution in [-0.2, 0) is 6.54 Å². The Kier molecular flexibility index (Phi) is 7.60. The van der Waals surface area contributed by atoms with Gasteiger partial charge in [0.1, 0.15) is 0 Å². The maximum absolute atomic E-state index is 12.9. The van der Waals surface area contributed by atoms with Gasteiger partial charge in [-0.1, -0.05) is 62.2 Å². The van der Waals surface area contributed by atoms with Gasteiger partial charge in [-0.15, -0.1) is 0 Å². The monoisotopic (exact) mass is 524 g/mol. The predicted octanol–water partition coefficient (Wildman–Crippen LogP) is 4.32. The van der Waals surface area contributed by atoms with E-state index in [0.717, 1.165) is 19.4 Å². The van der Waals surface area contributed by atoms with E-state index in [9.17, 15) is 9.90 Å². The third-order valence-corrected chi connectivity index (χ3v) is 7.05. The fraction of sp³-hybridized carbons (Fsp3) is 0.409. The van der Waals surface area contributed by atoms with Gasteiger partial charge in [0, 0.05) is 27.8 Å². The zero-order valence-electron chi connectivity index (χ0n) is 16.5. The number of likely N-dealkylation sites (N-methyl/N-ethyl adjacent to an activating group) is 1. The number of carbonyl (C=O) groups is 1. The summed E-state index contributed by atoms with van der Waals surface area (Å²) in [5.74, 6) is 0.126. The number of carbonyl (C=O) groups excluding carboxylic acids is 1. The van der Waals surface area contributed by atoms with E-state index in [1.807, 2.05) is 18.2 Å². The minimum absolute atomic E-state index is 0.0164. The molecular formula is C22H26Br2N2O3. The molecule has 0 radical (unpaired) electrons. The zero-order chi connectivity index (χ0) is 21.0. The second-order valence-electron chi connectivity index (χ2n) is 7.44. The van der Waals surface area contributed by atoms with E-state index in [1.54, 1.807) is 12.1 Å². The lowest BCUT2D eigenvalue weighted by molar-refractivity contribution is 0.0869. The molecule has 156 valence electrons. The number of phenols is 1. The predicted molar refractivity (Wildman–Crippen MR) is 122 cm³/mol. The van der Waals surface area contributed by atoms with Crippen molar-refractivity contribution < 1.29 is 14.6 Å². The molecule has 0 saturated heterocycles. The lowest BCUT2D eigenvalue weighted by Gasteiger charge is -2.43. The largest absolute Gasteiger partial charge is 0.504 e. The van der Waals surface area contributed by atoms with Crippen LogP contribution in [0.5, 0.6) is 11.5 Å². The number of halogens is 2. The van der Waals surface area contributed by atoms with Gasteiger partial charge in [-0.3, -0.25) is 9.69 Å². The SMILES string of the molecule is COc1cc(C(=O)NC2C(Br)CC(Br)CC2N(C)Cc2ccccc2)ccc1O. The average molecular weight is 526 g/mol. The Morgan fingerprint density at radius 2 is 1.93 bits per heavy atom. The summed E-state index contributed by atoms with van der Waals surface area (Å²) in [6.07, 6.45) is 1.87. The van der Waals surface area contributed by atoms with E-state index in [-0.39, 0.29) is 34.3 Å². The van der Waals surface area contributed by atoms with E-state index >= 15 is 0 Å². The number of nitrogens with zero attached hydrogens (tertiary/aromatic N) is 1. The van der Waals surface area contributed by atoms with Gasteiger partial charge in [0.05, 0.1) is 13.2 Å². The number of hydrogen-bond acceptors (Lipinski definition) is 4. The molecule has 1 saturated carbocycles. The number of nitrogens with one attached hydrogen (secondary N) is 1. The van der Waals surface area contributed by atoms with Crippen LogP contribution in [0, 0.1) is 0 Å². The van der Waals surface area contributed by atoms with Crippen LogP contribution in [0.15, 0.2) is 48.5 Å². The summed E-state index contributed by atoms with van der Waals surface area (Å²) < 4.78 is 5.13. The Morgan fingerprint density at radius 3 is 2.62 bits per heavy atom. The van der Waals surface area contributed by atoms with Crippen LogP contribution in [0.1, 0.15) is 28.8 Å². The molecule has 1 aliphatic carbocycles. The highest BCUT2D eigenvalue weighted by Crippen LogP contribution is 2.33. The van der Waals surface area contributed by atoms with Crippen LogP contribution in [0.2, 0.25) is 0 Å². The summed E-state index contributed by atoms with van der Waals surface area (Å²) in [5.41, 5.74) is 1.70. The highest BCUT2D eigenvalue weighted by atomic mass is 79.9. The molecule has 1 fully saturated rings. The topological polar surface area (TPSA) is 61.8 Å². The Hall–Kier alpha value is -1.57. The number of aromatic hydroxyl groups is 1. The smallest absolute Gasteiger partial charge is 0.251 e. The summed E-state index contributed by atoms with van der Waals surface area (Å²) in [6, 6.07) is 15.1. The van der Waals surface area contributed by atoms with Gasteiger partial charge in [0.15, 0.2) is 11.5 Å². The van der Waals surface area contributed by atoms with Crippen molar-refractivity contribution in [3.63, 3.8) is 0 Å². The summed E-state index contributed by atoms with van der Waals surface area (Å²) in [6.45, 7) is 0.810. The van der Waals surface area contributed by atoms with Crippen molar-refractivity contribution in [1.29, 1.82) is 0 Å². The Bertz CT molecular complexity index is 834. The van der Waals surface area contributed by atoms with Crippen molar-refractivity contribution in [3.8, 4) is 11.5 Å². The molecule has 4 unspecified atom stereocenters. The molecule has 1 aliphatic rings. The number of ether oxygens (including phenoxy) is 1. The molecule has 0 aliphatic heterocycles. The van der Waals surface area contributed by atoms with Crippen molar-refractivity contribution in [2.24, 2.45) is 0 Å². The number of alkyl halides is 2. The van der Waals surface area contributed by atoms with Gasteiger partial charge >= 0.3 is 0 Å². The molecule has 0 bridgehead atoms. The van der Waals surface area contributed by atoms with Crippen molar-refractivity contribution in [1.82, 2.24) is 10.2 Å². The first-order valence-electron chi connectivity index (χ1n) is 9.59. The van der Waals surface area contributed by atoms with Gasteiger partial charge in [0.2, 0.25) is 0 Å². The lowest BCUT2D eigenvalue weighted by atomic mass is 9.88. The first kappa shape index (κ1) is 22.1. The standard InChI is InChI=1S/C22H26Br2N2O3/c1-26(13-14-6-4-3-5-7-14)18-12-16(23)11-17(24)21(18)25-22(28)15-8-9-19(27)20(10-15)29-2/h3-10,16-18,21,27H,11-13H2,1-2H3,(H,25,28). The molecule has 5 nitrogen and oxygen atoms in total. The molecule has 1 amide bonds. The maximum atomic E-state index is 12.9. The summed E-state index contributed by atoms with van der Waals surface area (Å²) in [5, 5.41) is 13.0. The van der Waals surface area contributed by atoms with Crippen LogP contribution in [-0.4, -0.2) is 51.8 Å². The minimum atomic E-state index is -0.177. The van der Waals surface area contributed by atoms with Gasteiger partial charge in [-0.2, -0.15) is 0 Å². The Balaban J connectivity index is 1.77. The molecule has 2 aromatic carbocycles. The third kappa shape index (κ3) is 5.53. The number of benzene rings is 2. The van der Waals surface area contributed by atoms with Crippen LogP contribution in [0.25, 0.3) is 0 Å². The fourth-order valence-electron chi connectivity index (χ4n) is 3.82. The first-order valence-corrected chi connectivity index (χ1v) is 11.4. The number of amides is 1. The van der Waals surface area contributed by atoms with Crippen molar-refractivity contribution >= 4 is 37.8 Å². The van der Waals surface area contributed by atoms with Crippen molar-refractivity contribution in [3.05, 3.63) is 59.7 Å². The fourth-order valence-corrected chi connectivity index (χ4v) is 6.04. The summed E-state index contributed by atoms with van der Waals surface area (Å²) >= 11 is 7.57. The molecule has 2 N–H and O–H groups in total. The van der Waals surface area contributed by atoms with E-state index < -0.39 is 0 Å². The highest BCUT2D eigenvalue weighted by Gasteiger charge is 2.39. The van der Waals surface area contributed by atoms with Crippen LogP contribution in [0.4, 0.5) is 0 Å². The number of methoxy groups -OCH3 is 1. The summed E-state index contributed by atoms with van der Waals surface area (Å²) in [4.78, 5) is 15.8. The molecule has 0 heterocycles. The molecule has 29 heavy (non-hydrogen) atoms. The molecule has 0 spiro atoms. The normalized spacial score (nSPS) is 24.3. The van der Waals surface area contributed by atoms with Crippen LogP contribution >= 0.6 is 31.9 Å².